The Morgan fingerprint density at radius 3 is 2.28 bits per heavy atom. The van der Waals surface area contributed by atoms with Crippen LogP contribution < -0.4 is 16.4 Å². The van der Waals surface area contributed by atoms with E-state index in [4.69, 9.17) is 5.73 Å². The van der Waals surface area contributed by atoms with Crippen molar-refractivity contribution in [2.24, 2.45) is 17.1 Å². The minimum atomic E-state index is -0.347. The van der Waals surface area contributed by atoms with Crippen molar-refractivity contribution in [1.82, 2.24) is 10.6 Å². The molecule has 2 aliphatic rings. The van der Waals surface area contributed by atoms with E-state index in [0.717, 1.165) is 38.5 Å². The van der Waals surface area contributed by atoms with Gasteiger partial charge in [0, 0.05) is 25.6 Å². The summed E-state index contributed by atoms with van der Waals surface area (Å²) in [6.07, 6.45) is 5.97. The molecule has 0 aromatic rings. The lowest BCUT2D eigenvalue weighted by atomic mass is 9.85. The molecule has 0 spiro atoms. The first-order valence-corrected chi connectivity index (χ1v) is 6.94. The van der Waals surface area contributed by atoms with Crippen LogP contribution in [0.3, 0.4) is 0 Å². The number of nitrogens with two attached hydrogens (primary N) is 1. The topological polar surface area (TPSA) is 84.2 Å². The fourth-order valence-electron chi connectivity index (χ4n) is 2.61. The van der Waals surface area contributed by atoms with Gasteiger partial charge in [-0.3, -0.25) is 9.59 Å². The summed E-state index contributed by atoms with van der Waals surface area (Å²) >= 11 is 0. The SMILES string of the molecule is NCC1(C(=O)NCCNC(=O)C2CC2)CCCC1. The smallest absolute Gasteiger partial charge is 0.227 e. The fraction of sp³-hybridized carbons (Fsp3) is 0.846. The minimum absolute atomic E-state index is 0.0585. The van der Waals surface area contributed by atoms with Gasteiger partial charge < -0.3 is 16.4 Å². The van der Waals surface area contributed by atoms with Gasteiger partial charge in [-0.25, -0.2) is 0 Å². The van der Waals surface area contributed by atoms with Crippen molar-refractivity contribution < 1.29 is 9.59 Å². The first kappa shape index (κ1) is 13.3. The van der Waals surface area contributed by atoms with E-state index in [1.807, 2.05) is 0 Å². The van der Waals surface area contributed by atoms with Crippen LogP contribution in [-0.2, 0) is 9.59 Å². The van der Waals surface area contributed by atoms with Gasteiger partial charge in [-0.1, -0.05) is 12.8 Å². The normalized spacial score (nSPS) is 21.6. The van der Waals surface area contributed by atoms with Crippen LogP contribution >= 0.6 is 0 Å². The molecule has 0 radical (unpaired) electrons. The van der Waals surface area contributed by atoms with Crippen LogP contribution in [0.1, 0.15) is 38.5 Å². The summed E-state index contributed by atoms with van der Waals surface area (Å²) in [6.45, 7) is 1.44. The third-order valence-electron chi connectivity index (χ3n) is 4.09. The molecule has 0 aromatic heterocycles. The van der Waals surface area contributed by atoms with Gasteiger partial charge in [-0.2, -0.15) is 0 Å². The molecule has 4 N–H and O–H groups in total. The van der Waals surface area contributed by atoms with E-state index in [-0.39, 0.29) is 23.1 Å². The Labute approximate surface area is 108 Å². The highest BCUT2D eigenvalue weighted by Gasteiger charge is 2.39. The van der Waals surface area contributed by atoms with Crippen LogP contribution in [0.25, 0.3) is 0 Å². The fourth-order valence-corrected chi connectivity index (χ4v) is 2.61. The maximum atomic E-state index is 12.1. The van der Waals surface area contributed by atoms with E-state index in [1.54, 1.807) is 0 Å². The van der Waals surface area contributed by atoms with Crippen molar-refractivity contribution in [2.45, 2.75) is 38.5 Å². The highest BCUT2D eigenvalue weighted by molar-refractivity contribution is 5.83. The third kappa shape index (κ3) is 3.02. The van der Waals surface area contributed by atoms with Gasteiger partial charge in [0.15, 0.2) is 0 Å². The highest BCUT2D eigenvalue weighted by Crippen LogP contribution is 2.37. The van der Waals surface area contributed by atoms with E-state index < -0.39 is 0 Å². The number of nitrogens with one attached hydrogen (secondary N) is 2. The second-order valence-electron chi connectivity index (χ2n) is 5.51. The number of carbonyl (C=O) groups excluding carboxylic acids is 2. The lowest BCUT2D eigenvalue weighted by Gasteiger charge is -2.25. The minimum Gasteiger partial charge on any atom is -0.354 e. The molecule has 5 heteroatoms. The number of hydrogen-bond donors (Lipinski definition) is 3. The molecule has 2 amide bonds. The Bertz CT molecular complexity index is 320. The number of hydrogen-bond acceptors (Lipinski definition) is 3. The molecular weight excluding hydrogens is 230 g/mol. The number of amides is 2. The van der Waals surface area contributed by atoms with Crippen molar-refractivity contribution in [1.29, 1.82) is 0 Å². The molecule has 0 aromatic carbocycles. The van der Waals surface area contributed by atoms with E-state index in [0.29, 0.717) is 19.6 Å². The Balaban J connectivity index is 1.66. The predicted octanol–water partition coefficient (Wildman–Crippen LogP) is 0.148. The molecule has 5 nitrogen and oxygen atoms in total. The molecule has 0 atom stereocenters. The zero-order chi connectivity index (χ0) is 13.0. The van der Waals surface area contributed by atoms with Crippen LogP contribution in [0.5, 0.6) is 0 Å². The standard InChI is InChI=1S/C13H23N3O2/c14-9-13(5-1-2-6-13)12(18)16-8-7-15-11(17)10-3-4-10/h10H,1-9,14H2,(H,15,17)(H,16,18). The zero-order valence-corrected chi connectivity index (χ0v) is 10.8. The number of carbonyl (C=O) groups is 2. The van der Waals surface area contributed by atoms with Crippen molar-refractivity contribution in [3.63, 3.8) is 0 Å². The number of rotatable bonds is 6. The molecule has 2 aliphatic carbocycles. The second kappa shape index (κ2) is 5.69. The highest BCUT2D eigenvalue weighted by atomic mass is 16.2. The van der Waals surface area contributed by atoms with Crippen LogP contribution in [0.2, 0.25) is 0 Å². The van der Waals surface area contributed by atoms with Gasteiger partial charge in [0.2, 0.25) is 11.8 Å². The van der Waals surface area contributed by atoms with Crippen LogP contribution in [0, 0.1) is 11.3 Å². The van der Waals surface area contributed by atoms with Crippen LogP contribution in [0.4, 0.5) is 0 Å². The molecule has 0 bridgehead atoms. The van der Waals surface area contributed by atoms with E-state index in [2.05, 4.69) is 10.6 Å². The summed E-state index contributed by atoms with van der Waals surface area (Å²) in [6, 6.07) is 0. The van der Waals surface area contributed by atoms with E-state index in [9.17, 15) is 9.59 Å². The Hall–Kier alpha value is -1.10. The Kier molecular flexibility index (Phi) is 4.22. The van der Waals surface area contributed by atoms with Gasteiger partial charge in [-0.05, 0) is 25.7 Å². The van der Waals surface area contributed by atoms with E-state index in [1.165, 1.54) is 0 Å². The maximum Gasteiger partial charge on any atom is 0.227 e. The molecule has 2 rings (SSSR count). The average Bonchev–Trinajstić information content (AvgIpc) is 3.12. The third-order valence-corrected chi connectivity index (χ3v) is 4.09. The second-order valence-corrected chi connectivity index (χ2v) is 5.51. The first-order chi connectivity index (χ1) is 8.68. The van der Waals surface area contributed by atoms with Gasteiger partial charge in [0.05, 0.1) is 5.41 Å². The Morgan fingerprint density at radius 1 is 1.11 bits per heavy atom. The van der Waals surface area contributed by atoms with Crippen molar-refractivity contribution in [2.75, 3.05) is 19.6 Å². The lowest BCUT2D eigenvalue weighted by Crippen LogP contribution is -2.46. The predicted molar refractivity (Wildman–Crippen MR) is 68.7 cm³/mol. The monoisotopic (exact) mass is 253 g/mol. The first-order valence-electron chi connectivity index (χ1n) is 6.94. The summed E-state index contributed by atoms with van der Waals surface area (Å²) in [7, 11) is 0. The van der Waals surface area contributed by atoms with Crippen molar-refractivity contribution in [3.05, 3.63) is 0 Å². The molecule has 0 aliphatic heterocycles. The summed E-state index contributed by atoms with van der Waals surface area (Å²) in [5, 5.41) is 5.73. The zero-order valence-electron chi connectivity index (χ0n) is 10.8. The van der Waals surface area contributed by atoms with Crippen LogP contribution in [0.15, 0.2) is 0 Å². The summed E-state index contributed by atoms with van der Waals surface area (Å²) < 4.78 is 0. The van der Waals surface area contributed by atoms with Gasteiger partial charge in [-0.15, -0.1) is 0 Å². The quantitative estimate of drug-likeness (QED) is 0.589. The van der Waals surface area contributed by atoms with E-state index >= 15 is 0 Å². The molecule has 0 saturated heterocycles. The summed E-state index contributed by atoms with van der Waals surface area (Å²) in [5.74, 6) is 0.410. The largest absolute Gasteiger partial charge is 0.354 e. The van der Waals surface area contributed by atoms with Gasteiger partial charge >= 0.3 is 0 Å². The molecule has 0 heterocycles. The lowest BCUT2D eigenvalue weighted by molar-refractivity contribution is -0.130. The molecular formula is C13H23N3O2. The molecule has 2 saturated carbocycles. The van der Waals surface area contributed by atoms with Gasteiger partial charge in [0.25, 0.3) is 0 Å². The molecule has 18 heavy (non-hydrogen) atoms. The van der Waals surface area contributed by atoms with Crippen molar-refractivity contribution in [3.8, 4) is 0 Å². The molecule has 2 fully saturated rings. The molecule has 0 unspecified atom stereocenters. The van der Waals surface area contributed by atoms with Crippen molar-refractivity contribution >= 4 is 11.8 Å². The average molecular weight is 253 g/mol. The Morgan fingerprint density at radius 2 is 1.72 bits per heavy atom. The van der Waals surface area contributed by atoms with Crippen LogP contribution in [-0.4, -0.2) is 31.4 Å². The maximum absolute atomic E-state index is 12.1. The summed E-state index contributed by atoms with van der Waals surface area (Å²) in [5.41, 5.74) is 5.39. The summed E-state index contributed by atoms with van der Waals surface area (Å²) in [4.78, 5) is 23.5. The van der Waals surface area contributed by atoms with Gasteiger partial charge in [0.1, 0.15) is 0 Å². The molecule has 102 valence electrons.